The number of carbonyl (C=O) groups excluding carboxylic acids is 1. The molecule has 232 valence electrons. The summed E-state index contributed by atoms with van der Waals surface area (Å²) in [5, 5.41) is 43.1. The lowest BCUT2D eigenvalue weighted by atomic mass is 10.00. The number of hydrogen-bond acceptors (Lipinski definition) is 5. The Bertz CT molecular complexity index is 556. The minimum absolute atomic E-state index is 0.364. The van der Waals surface area contributed by atoms with Crippen molar-refractivity contribution in [1.82, 2.24) is 5.32 Å². The number of rotatable bonds is 29. The average molecular weight is 556 g/mol. The maximum absolute atomic E-state index is 12.3. The highest BCUT2D eigenvalue weighted by Gasteiger charge is 2.28. The van der Waals surface area contributed by atoms with Crippen molar-refractivity contribution in [2.45, 2.75) is 186 Å². The normalized spacial score (nSPS) is 14.9. The molecule has 0 aliphatic heterocycles. The average Bonchev–Trinajstić information content (AvgIpc) is 2.94. The van der Waals surface area contributed by atoms with E-state index >= 15 is 0 Å². The van der Waals surface area contributed by atoms with E-state index in [2.05, 4.69) is 31.3 Å². The molecule has 39 heavy (non-hydrogen) atoms. The molecule has 0 aliphatic carbocycles. The number of carbonyl (C=O) groups is 1. The van der Waals surface area contributed by atoms with Crippen LogP contribution in [0.25, 0.3) is 0 Å². The van der Waals surface area contributed by atoms with Crippen molar-refractivity contribution in [3.05, 3.63) is 12.2 Å². The summed E-state index contributed by atoms with van der Waals surface area (Å²) >= 11 is 0. The Morgan fingerprint density at radius 3 is 1.54 bits per heavy atom. The second-order valence-corrected chi connectivity index (χ2v) is 11.5. The fourth-order valence-electron chi connectivity index (χ4n) is 4.99. The Morgan fingerprint density at radius 1 is 0.615 bits per heavy atom. The van der Waals surface area contributed by atoms with E-state index in [1.54, 1.807) is 0 Å². The molecule has 0 spiro atoms. The largest absolute Gasteiger partial charge is 0.394 e. The van der Waals surface area contributed by atoms with Crippen LogP contribution in [0.3, 0.4) is 0 Å². The van der Waals surface area contributed by atoms with Gasteiger partial charge in [-0.3, -0.25) is 4.79 Å². The highest BCUT2D eigenvalue weighted by atomic mass is 16.3. The maximum Gasteiger partial charge on any atom is 0.249 e. The van der Waals surface area contributed by atoms with E-state index in [0.29, 0.717) is 12.8 Å². The van der Waals surface area contributed by atoms with Crippen molar-refractivity contribution in [3.8, 4) is 0 Å². The van der Waals surface area contributed by atoms with Gasteiger partial charge in [0.15, 0.2) is 0 Å². The zero-order chi connectivity index (χ0) is 29.0. The molecular weight excluding hydrogens is 490 g/mol. The molecule has 6 heteroatoms. The minimum atomic E-state index is -1.27. The first-order valence-electron chi connectivity index (χ1n) is 16.6. The van der Waals surface area contributed by atoms with E-state index < -0.39 is 36.9 Å². The first kappa shape index (κ1) is 38.0. The van der Waals surface area contributed by atoms with Crippen LogP contribution >= 0.6 is 0 Å². The molecule has 0 rings (SSSR count). The molecule has 0 aliphatic rings. The maximum atomic E-state index is 12.3. The summed E-state index contributed by atoms with van der Waals surface area (Å²) in [4.78, 5) is 12.3. The van der Waals surface area contributed by atoms with Crippen molar-refractivity contribution in [2.75, 3.05) is 6.61 Å². The molecular formula is C33H65NO5. The Morgan fingerprint density at radius 2 is 1.05 bits per heavy atom. The van der Waals surface area contributed by atoms with Crippen LogP contribution in [-0.2, 0) is 4.79 Å². The summed E-state index contributed by atoms with van der Waals surface area (Å²) in [7, 11) is 0. The highest BCUT2D eigenvalue weighted by Crippen LogP contribution is 2.14. The lowest BCUT2D eigenvalue weighted by Crippen LogP contribution is -2.53. The molecule has 5 N–H and O–H groups in total. The van der Waals surface area contributed by atoms with Crippen LogP contribution < -0.4 is 5.32 Å². The Labute approximate surface area is 241 Å². The van der Waals surface area contributed by atoms with Gasteiger partial charge in [0.2, 0.25) is 5.91 Å². The summed E-state index contributed by atoms with van der Waals surface area (Å²) in [5.74, 6) is -0.599. The number of aliphatic hydroxyl groups is 4. The van der Waals surface area contributed by atoms with Crippen LogP contribution in [0, 0.1) is 0 Å². The van der Waals surface area contributed by atoms with Crippen LogP contribution in [0.4, 0.5) is 0 Å². The molecule has 0 aromatic carbocycles. The van der Waals surface area contributed by atoms with Gasteiger partial charge in [0, 0.05) is 0 Å². The first-order chi connectivity index (χ1) is 19.0. The summed E-state index contributed by atoms with van der Waals surface area (Å²) in [6, 6.07) is -0.993. The molecule has 0 saturated heterocycles. The monoisotopic (exact) mass is 555 g/mol. The van der Waals surface area contributed by atoms with Crippen molar-refractivity contribution in [1.29, 1.82) is 0 Å². The lowest BCUT2D eigenvalue weighted by Gasteiger charge is -2.27. The van der Waals surface area contributed by atoms with Gasteiger partial charge in [0.25, 0.3) is 0 Å². The second-order valence-electron chi connectivity index (χ2n) is 11.5. The SMILES string of the molecule is CCCCCCCCCCCC/C=C/CCCC(O)C(O)C(CO)NC(=O)C(O)CCCCCCCCCC. The van der Waals surface area contributed by atoms with E-state index in [1.807, 2.05) is 0 Å². The molecule has 0 saturated carbocycles. The van der Waals surface area contributed by atoms with Gasteiger partial charge in [-0.05, 0) is 38.5 Å². The molecule has 1 amide bonds. The second kappa shape index (κ2) is 28.6. The topological polar surface area (TPSA) is 110 Å². The van der Waals surface area contributed by atoms with E-state index in [4.69, 9.17) is 0 Å². The van der Waals surface area contributed by atoms with Gasteiger partial charge in [-0.25, -0.2) is 0 Å². The predicted molar refractivity (Wildman–Crippen MR) is 164 cm³/mol. The number of hydrogen-bond donors (Lipinski definition) is 5. The fourth-order valence-corrected chi connectivity index (χ4v) is 4.99. The third-order valence-electron chi connectivity index (χ3n) is 7.73. The standard InChI is InChI=1S/C33H65NO5/c1-3-5-7-9-11-13-14-15-16-17-18-19-21-22-24-26-30(36)32(38)29(28-35)34-33(39)31(37)27-25-23-20-12-10-8-6-4-2/h19,21,29-32,35-38H,3-18,20,22-28H2,1-2H3,(H,34,39)/b21-19+. The van der Waals surface area contributed by atoms with Gasteiger partial charge in [-0.15, -0.1) is 0 Å². The van der Waals surface area contributed by atoms with Gasteiger partial charge >= 0.3 is 0 Å². The Hall–Kier alpha value is -0.950. The third-order valence-corrected chi connectivity index (χ3v) is 7.73. The quantitative estimate of drug-likeness (QED) is 0.0499. The summed E-state index contributed by atoms with van der Waals surface area (Å²) in [6.45, 7) is 3.96. The van der Waals surface area contributed by atoms with Crippen molar-refractivity contribution in [2.24, 2.45) is 0 Å². The van der Waals surface area contributed by atoms with Crippen LogP contribution in [0.2, 0.25) is 0 Å². The summed E-state index contributed by atoms with van der Waals surface area (Å²) < 4.78 is 0. The van der Waals surface area contributed by atoms with Crippen molar-refractivity contribution >= 4 is 5.91 Å². The van der Waals surface area contributed by atoms with Crippen LogP contribution in [0.1, 0.15) is 162 Å². The molecule has 0 aromatic rings. The van der Waals surface area contributed by atoms with E-state index in [-0.39, 0.29) is 0 Å². The smallest absolute Gasteiger partial charge is 0.249 e. The number of allylic oxidation sites excluding steroid dienone is 2. The lowest BCUT2D eigenvalue weighted by molar-refractivity contribution is -0.132. The molecule has 0 fully saturated rings. The van der Waals surface area contributed by atoms with Gasteiger partial charge in [0.05, 0.1) is 18.8 Å². The first-order valence-corrected chi connectivity index (χ1v) is 16.6. The predicted octanol–water partition coefficient (Wildman–Crippen LogP) is 7.11. The fraction of sp³-hybridized carbons (Fsp3) is 0.909. The summed E-state index contributed by atoms with van der Waals surface area (Å²) in [6.07, 6.45) is 26.7. The van der Waals surface area contributed by atoms with Gasteiger partial charge in [0.1, 0.15) is 12.2 Å². The Balaban J connectivity index is 3.89. The zero-order valence-corrected chi connectivity index (χ0v) is 25.6. The van der Waals surface area contributed by atoms with Gasteiger partial charge in [-0.1, -0.05) is 135 Å². The zero-order valence-electron chi connectivity index (χ0n) is 25.6. The molecule has 4 atom stereocenters. The van der Waals surface area contributed by atoms with Crippen LogP contribution in [0.15, 0.2) is 12.2 Å². The molecule has 0 aromatic heterocycles. The molecule has 4 unspecified atom stereocenters. The van der Waals surface area contributed by atoms with Crippen molar-refractivity contribution in [3.63, 3.8) is 0 Å². The molecule has 6 nitrogen and oxygen atoms in total. The number of nitrogens with one attached hydrogen (secondary N) is 1. The highest BCUT2D eigenvalue weighted by molar-refractivity contribution is 5.80. The molecule has 0 heterocycles. The van der Waals surface area contributed by atoms with Crippen LogP contribution in [-0.4, -0.2) is 57.3 Å². The van der Waals surface area contributed by atoms with E-state index in [0.717, 1.165) is 38.5 Å². The van der Waals surface area contributed by atoms with Crippen LogP contribution in [0.5, 0.6) is 0 Å². The number of amides is 1. The summed E-state index contributed by atoms with van der Waals surface area (Å²) in [5.41, 5.74) is 0. The Kier molecular flexibility index (Phi) is 27.9. The van der Waals surface area contributed by atoms with Crippen molar-refractivity contribution < 1.29 is 25.2 Å². The van der Waals surface area contributed by atoms with E-state index in [1.165, 1.54) is 96.3 Å². The number of unbranched alkanes of at least 4 members (excludes halogenated alkanes) is 18. The van der Waals surface area contributed by atoms with E-state index in [9.17, 15) is 25.2 Å². The number of aliphatic hydroxyl groups excluding tert-OH is 4. The van der Waals surface area contributed by atoms with Gasteiger partial charge in [-0.2, -0.15) is 0 Å². The minimum Gasteiger partial charge on any atom is -0.394 e. The molecule has 0 bridgehead atoms. The molecule has 0 radical (unpaired) electrons. The van der Waals surface area contributed by atoms with Gasteiger partial charge < -0.3 is 25.7 Å². The third kappa shape index (κ3) is 23.5.